The van der Waals surface area contributed by atoms with Gasteiger partial charge in [-0.1, -0.05) is 30.3 Å². The molecule has 0 aliphatic heterocycles. The molecular weight excluding hydrogens is 420 g/mol. The van der Waals surface area contributed by atoms with E-state index in [9.17, 15) is 9.59 Å². The van der Waals surface area contributed by atoms with Gasteiger partial charge >= 0.3 is 0 Å². The molecule has 1 aliphatic rings. The van der Waals surface area contributed by atoms with Gasteiger partial charge in [0.25, 0.3) is 5.91 Å². The minimum absolute atomic E-state index is 0.118. The number of halogens is 1. The van der Waals surface area contributed by atoms with Gasteiger partial charge in [-0.15, -0.1) is 0 Å². The highest BCUT2D eigenvalue weighted by Gasteiger charge is 2.27. The fourth-order valence-electron chi connectivity index (χ4n) is 3.40. The highest BCUT2D eigenvalue weighted by Crippen LogP contribution is 2.27. The molecule has 0 unspecified atom stereocenters. The van der Waals surface area contributed by atoms with Crippen molar-refractivity contribution in [2.24, 2.45) is 0 Å². The molecule has 0 radical (unpaired) electrons. The Hall–Kier alpha value is -2.93. The van der Waals surface area contributed by atoms with E-state index in [0.29, 0.717) is 11.4 Å². The number of nitrogens with zero attached hydrogens (tertiary/aromatic N) is 2. The minimum Gasteiger partial charge on any atom is -0.342 e. The van der Waals surface area contributed by atoms with E-state index in [0.717, 1.165) is 40.7 Å². The zero-order valence-electron chi connectivity index (χ0n) is 15.1. The molecule has 0 atom stereocenters. The first-order valence-electron chi connectivity index (χ1n) is 9.12. The van der Waals surface area contributed by atoms with Crippen molar-refractivity contribution in [1.29, 1.82) is 0 Å². The highest BCUT2D eigenvalue weighted by molar-refractivity contribution is 9.10. The molecular formula is C21H19BrN4O2. The molecule has 0 bridgehead atoms. The molecule has 2 amide bonds. The lowest BCUT2D eigenvalue weighted by atomic mass is 10.2. The number of carbonyl (C=O) groups is 2. The number of fused-ring (bicyclic) bond motifs is 1. The Morgan fingerprint density at radius 3 is 2.57 bits per heavy atom. The molecule has 28 heavy (non-hydrogen) atoms. The number of carbonyl (C=O) groups excluding carboxylic acids is 2. The largest absolute Gasteiger partial charge is 0.342 e. The van der Waals surface area contributed by atoms with Crippen molar-refractivity contribution in [3.05, 3.63) is 76.0 Å². The van der Waals surface area contributed by atoms with Gasteiger partial charge < -0.3 is 10.6 Å². The van der Waals surface area contributed by atoms with Crippen LogP contribution in [0.5, 0.6) is 0 Å². The van der Waals surface area contributed by atoms with Crippen molar-refractivity contribution in [1.82, 2.24) is 15.1 Å². The quantitative estimate of drug-likeness (QED) is 0.639. The van der Waals surface area contributed by atoms with Gasteiger partial charge in [-0.05, 0) is 59.5 Å². The summed E-state index contributed by atoms with van der Waals surface area (Å²) in [7, 11) is 0. The summed E-state index contributed by atoms with van der Waals surface area (Å²) in [6.45, 7) is -0.118. The third kappa shape index (κ3) is 3.71. The van der Waals surface area contributed by atoms with Crippen molar-refractivity contribution in [3.8, 4) is 5.69 Å². The van der Waals surface area contributed by atoms with E-state index in [1.165, 1.54) is 0 Å². The SMILES string of the molecule is O=C(CNC(=O)c1nn(-c2ccccc2)c2c1CCC2)Nc1ccccc1Br. The summed E-state index contributed by atoms with van der Waals surface area (Å²) in [5.74, 6) is -0.616. The Labute approximate surface area is 171 Å². The third-order valence-corrected chi connectivity index (χ3v) is 5.40. The number of anilines is 1. The van der Waals surface area contributed by atoms with Crippen LogP contribution in [-0.4, -0.2) is 28.1 Å². The zero-order valence-corrected chi connectivity index (χ0v) is 16.7. The standard InChI is InChI=1S/C21H19BrN4O2/c22-16-10-4-5-11-17(16)24-19(27)13-23-21(28)20-15-9-6-12-18(15)26(25-20)14-7-2-1-3-8-14/h1-5,7-8,10-11H,6,9,12-13H2,(H,23,28)(H,24,27). The Bertz CT molecular complexity index is 1030. The van der Waals surface area contributed by atoms with Crippen LogP contribution >= 0.6 is 15.9 Å². The Balaban J connectivity index is 1.47. The van der Waals surface area contributed by atoms with Crippen molar-refractivity contribution in [3.63, 3.8) is 0 Å². The van der Waals surface area contributed by atoms with Crippen LogP contribution in [0.1, 0.15) is 28.2 Å². The Morgan fingerprint density at radius 1 is 1.04 bits per heavy atom. The van der Waals surface area contributed by atoms with Crippen molar-refractivity contribution in [2.75, 3.05) is 11.9 Å². The lowest BCUT2D eigenvalue weighted by molar-refractivity contribution is -0.115. The molecule has 3 aromatic rings. The average molecular weight is 439 g/mol. The molecule has 1 aromatic heterocycles. The fraction of sp³-hybridized carbons (Fsp3) is 0.190. The minimum atomic E-state index is -0.324. The molecule has 4 rings (SSSR count). The molecule has 2 N–H and O–H groups in total. The number of hydrogen-bond acceptors (Lipinski definition) is 3. The van der Waals surface area contributed by atoms with E-state index in [1.807, 2.05) is 53.2 Å². The number of rotatable bonds is 5. The smallest absolute Gasteiger partial charge is 0.272 e. The lowest BCUT2D eigenvalue weighted by Gasteiger charge is -2.08. The molecule has 0 fully saturated rings. The van der Waals surface area contributed by atoms with Gasteiger partial charge in [0.05, 0.1) is 17.9 Å². The maximum Gasteiger partial charge on any atom is 0.272 e. The number of benzene rings is 2. The predicted octanol–water partition coefficient (Wildman–Crippen LogP) is 3.49. The van der Waals surface area contributed by atoms with Crippen molar-refractivity contribution >= 4 is 33.4 Å². The second-order valence-corrected chi connectivity index (χ2v) is 7.44. The van der Waals surface area contributed by atoms with E-state index >= 15 is 0 Å². The first-order valence-corrected chi connectivity index (χ1v) is 9.91. The average Bonchev–Trinajstić information content (AvgIpc) is 3.31. The number of para-hydroxylation sites is 2. The third-order valence-electron chi connectivity index (χ3n) is 4.70. The van der Waals surface area contributed by atoms with Crippen molar-refractivity contribution < 1.29 is 9.59 Å². The van der Waals surface area contributed by atoms with E-state index in [1.54, 1.807) is 6.07 Å². The summed E-state index contributed by atoms with van der Waals surface area (Å²) in [4.78, 5) is 24.9. The fourth-order valence-corrected chi connectivity index (χ4v) is 3.79. The van der Waals surface area contributed by atoms with Crippen molar-refractivity contribution in [2.45, 2.75) is 19.3 Å². The van der Waals surface area contributed by atoms with Crippen LogP contribution in [0.4, 0.5) is 5.69 Å². The summed E-state index contributed by atoms with van der Waals surface area (Å²) in [6.07, 6.45) is 2.73. The van der Waals surface area contributed by atoms with Gasteiger partial charge in [-0.3, -0.25) is 9.59 Å². The maximum absolute atomic E-state index is 12.7. The molecule has 0 saturated carbocycles. The molecule has 7 heteroatoms. The summed E-state index contributed by atoms with van der Waals surface area (Å²) in [6, 6.07) is 17.1. The van der Waals surface area contributed by atoms with Crippen LogP contribution < -0.4 is 10.6 Å². The lowest BCUT2D eigenvalue weighted by Crippen LogP contribution is -2.33. The summed E-state index contributed by atoms with van der Waals surface area (Å²) in [5, 5.41) is 10.0. The van der Waals surface area contributed by atoms with Gasteiger partial charge in [0.2, 0.25) is 5.91 Å². The molecule has 1 heterocycles. The van der Waals surface area contributed by atoms with Crippen LogP contribution in [0.15, 0.2) is 59.1 Å². The summed E-state index contributed by atoms with van der Waals surface area (Å²) < 4.78 is 2.63. The van der Waals surface area contributed by atoms with Crippen LogP contribution in [0.3, 0.4) is 0 Å². The second kappa shape index (κ2) is 7.98. The van der Waals surface area contributed by atoms with Gasteiger partial charge in [-0.25, -0.2) is 4.68 Å². The number of hydrogen-bond donors (Lipinski definition) is 2. The van der Waals surface area contributed by atoms with Gasteiger partial charge in [0.15, 0.2) is 5.69 Å². The molecule has 0 saturated heterocycles. The Morgan fingerprint density at radius 2 is 1.79 bits per heavy atom. The van der Waals surface area contributed by atoms with E-state index < -0.39 is 0 Å². The summed E-state index contributed by atoms with van der Waals surface area (Å²) >= 11 is 3.39. The van der Waals surface area contributed by atoms with E-state index in [-0.39, 0.29) is 18.4 Å². The van der Waals surface area contributed by atoms with E-state index in [4.69, 9.17) is 0 Å². The number of aromatic nitrogens is 2. The summed E-state index contributed by atoms with van der Waals surface area (Å²) in [5.41, 5.74) is 4.06. The molecule has 142 valence electrons. The van der Waals surface area contributed by atoms with E-state index in [2.05, 4.69) is 31.7 Å². The van der Waals surface area contributed by atoms with Crippen LogP contribution in [0.2, 0.25) is 0 Å². The van der Waals surface area contributed by atoms with Gasteiger partial charge in [0, 0.05) is 15.7 Å². The van der Waals surface area contributed by atoms with Crippen LogP contribution in [0.25, 0.3) is 5.69 Å². The normalized spacial score (nSPS) is 12.5. The van der Waals surface area contributed by atoms with Gasteiger partial charge in [0.1, 0.15) is 0 Å². The number of amides is 2. The van der Waals surface area contributed by atoms with Crippen LogP contribution in [-0.2, 0) is 17.6 Å². The first kappa shape index (κ1) is 18.4. The zero-order chi connectivity index (χ0) is 19.5. The molecule has 6 nitrogen and oxygen atoms in total. The predicted molar refractivity (Wildman–Crippen MR) is 111 cm³/mol. The molecule has 1 aliphatic carbocycles. The van der Waals surface area contributed by atoms with Crippen LogP contribution in [0, 0.1) is 0 Å². The molecule has 0 spiro atoms. The maximum atomic E-state index is 12.7. The first-order chi connectivity index (χ1) is 13.6. The topological polar surface area (TPSA) is 76.0 Å². The number of nitrogens with one attached hydrogen (secondary N) is 2. The Kier molecular flexibility index (Phi) is 5.25. The highest BCUT2D eigenvalue weighted by atomic mass is 79.9. The second-order valence-electron chi connectivity index (χ2n) is 6.59. The monoisotopic (exact) mass is 438 g/mol. The van der Waals surface area contributed by atoms with Gasteiger partial charge in [-0.2, -0.15) is 5.10 Å². The molecule has 2 aromatic carbocycles.